The Bertz CT molecular complexity index is 179. The SMILES string of the molecule is CC(CO)N1CCC[C@@H]2CCCC[C@@H]21. The second kappa shape index (κ2) is 4.63. The minimum atomic E-state index is 0.323. The van der Waals surface area contributed by atoms with Gasteiger partial charge in [-0.1, -0.05) is 12.8 Å². The predicted molar refractivity (Wildman–Crippen MR) is 58.2 cm³/mol. The summed E-state index contributed by atoms with van der Waals surface area (Å²) in [7, 11) is 0. The van der Waals surface area contributed by atoms with Crippen molar-refractivity contribution in [3.63, 3.8) is 0 Å². The lowest BCUT2D eigenvalue weighted by atomic mass is 9.78. The van der Waals surface area contributed by atoms with Gasteiger partial charge in [-0.2, -0.15) is 0 Å². The Morgan fingerprint density at radius 1 is 1.21 bits per heavy atom. The first-order valence-corrected chi connectivity index (χ1v) is 6.19. The molecule has 2 fully saturated rings. The van der Waals surface area contributed by atoms with Gasteiger partial charge in [-0.05, 0) is 45.1 Å². The first kappa shape index (κ1) is 10.4. The molecule has 0 aromatic heterocycles. The molecule has 0 spiro atoms. The summed E-state index contributed by atoms with van der Waals surface area (Å²) in [5.74, 6) is 0.937. The summed E-state index contributed by atoms with van der Waals surface area (Å²) in [5, 5.41) is 9.24. The van der Waals surface area contributed by atoms with Crippen LogP contribution in [0.25, 0.3) is 0 Å². The lowest BCUT2D eigenvalue weighted by molar-refractivity contribution is 0.0120. The van der Waals surface area contributed by atoms with Crippen molar-refractivity contribution in [3.05, 3.63) is 0 Å². The molecule has 1 saturated heterocycles. The topological polar surface area (TPSA) is 23.5 Å². The molecular weight excluding hydrogens is 174 g/mol. The van der Waals surface area contributed by atoms with Gasteiger partial charge >= 0.3 is 0 Å². The third-order valence-corrected chi connectivity index (χ3v) is 4.12. The molecule has 2 aliphatic rings. The van der Waals surface area contributed by atoms with E-state index in [0.717, 1.165) is 12.0 Å². The van der Waals surface area contributed by atoms with Crippen molar-refractivity contribution >= 4 is 0 Å². The second-order valence-corrected chi connectivity index (χ2v) is 5.02. The van der Waals surface area contributed by atoms with Crippen LogP contribution < -0.4 is 0 Å². The van der Waals surface area contributed by atoms with E-state index in [2.05, 4.69) is 11.8 Å². The molecule has 0 aromatic rings. The number of hydrogen-bond acceptors (Lipinski definition) is 2. The van der Waals surface area contributed by atoms with E-state index in [1.807, 2.05) is 0 Å². The van der Waals surface area contributed by atoms with Crippen LogP contribution in [-0.2, 0) is 0 Å². The highest BCUT2D eigenvalue weighted by atomic mass is 16.3. The van der Waals surface area contributed by atoms with Crippen LogP contribution in [0, 0.1) is 5.92 Å². The Labute approximate surface area is 87.3 Å². The van der Waals surface area contributed by atoms with Gasteiger partial charge in [-0.25, -0.2) is 0 Å². The van der Waals surface area contributed by atoms with Gasteiger partial charge in [0, 0.05) is 12.1 Å². The molecule has 1 saturated carbocycles. The Morgan fingerprint density at radius 2 is 1.93 bits per heavy atom. The fourth-order valence-corrected chi connectivity index (χ4v) is 3.32. The maximum Gasteiger partial charge on any atom is 0.0584 e. The predicted octanol–water partition coefficient (Wildman–Crippen LogP) is 2.02. The fourth-order valence-electron chi connectivity index (χ4n) is 3.32. The normalized spacial score (nSPS) is 36.4. The van der Waals surface area contributed by atoms with Crippen LogP contribution in [0.3, 0.4) is 0 Å². The second-order valence-electron chi connectivity index (χ2n) is 5.02. The van der Waals surface area contributed by atoms with Crippen LogP contribution >= 0.6 is 0 Å². The molecule has 0 bridgehead atoms. The molecule has 1 unspecified atom stereocenters. The minimum absolute atomic E-state index is 0.323. The maximum absolute atomic E-state index is 9.24. The average molecular weight is 197 g/mol. The molecule has 1 aliphatic heterocycles. The van der Waals surface area contributed by atoms with E-state index in [0.29, 0.717) is 12.6 Å². The van der Waals surface area contributed by atoms with E-state index in [9.17, 15) is 5.11 Å². The zero-order valence-corrected chi connectivity index (χ0v) is 9.28. The molecular formula is C12H23NO. The van der Waals surface area contributed by atoms with E-state index in [1.165, 1.54) is 45.1 Å². The van der Waals surface area contributed by atoms with Gasteiger partial charge in [0.05, 0.1) is 6.61 Å². The average Bonchev–Trinajstić information content (AvgIpc) is 2.27. The molecule has 2 rings (SSSR count). The van der Waals surface area contributed by atoms with E-state index < -0.39 is 0 Å². The summed E-state index contributed by atoms with van der Waals surface area (Å²) >= 11 is 0. The van der Waals surface area contributed by atoms with E-state index >= 15 is 0 Å². The summed E-state index contributed by atoms with van der Waals surface area (Å²) in [6.07, 6.45) is 8.40. The Hall–Kier alpha value is -0.0800. The van der Waals surface area contributed by atoms with Crippen LogP contribution in [0.15, 0.2) is 0 Å². The van der Waals surface area contributed by atoms with Crippen LogP contribution in [0.4, 0.5) is 0 Å². The summed E-state index contributed by atoms with van der Waals surface area (Å²) in [4.78, 5) is 2.56. The van der Waals surface area contributed by atoms with Crippen LogP contribution in [0.1, 0.15) is 45.4 Å². The van der Waals surface area contributed by atoms with Crippen molar-refractivity contribution in [2.75, 3.05) is 13.2 Å². The van der Waals surface area contributed by atoms with E-state index in [-0.39, 0.29) is 0 Å². The fraction of sp³-hybridized carbons (Fsp3) is 1.00. The first-order chi connectivity index (χ1) is 6.83. The third-order valence-electron chi connectivity index (χ3n) is 4.12. The number of piperidine rings is 1. The minimum Gasteiger partial charge on any atom is -0.395 e. The molecule has 1 N–H and O–H groups in total. The molecule has 2 heteroatoms. The molecule has 14 heavy (non-hydrogen) atoms. The molecule has 1 aliphatic carbocycles. The van der Waals surface area contributed by atoms with Gasteiger partial charge in [0.15, 0.2) is 0 Å². The molecule has 0 amide bonds. The number of fused-ring (bicyclic) bond motifs is 1. The highest BCUT2D eigenvalue weighted by Crippen LogP contribution is 2.35. The third kappa shape index (κ3) is 1.96. The monoisotopic (exact) mass is 197 g/mol. The van der Waals surface area contributed by atoms with Crippen molar-refractivity contribution in [2.24, 2.45) is 5.92 Å². The molecule has 2 nitrogen and oxygen atoms in total. The van der Waals surface area contributed by atoms with Crippen molar-refractivity contribution in [2.45, 2.75) is 57.5 Å². The quantitative estimate of drug-likeness (QED) is 0.732. The lowest BCUT2D eigenvalue weighted by Gasteiger charge is -2.46. The van der Waals surface area contributed by atoms with Gasteiger partial charge in [0.25, 0.3) is 0 Å². The van der Waals surface area contributed by atoms with Crippen LogP contribution in [0.2, 0.25) is 0 Å². The standard InChI is InChI=1S/C12H23NO/c1-10(9-14)13-8-4-6-11-5-2-3-7-12(11)13/h10-12,14H,2-9H2,1H3/t10?,11-,12-/m0/s1. The Kier molecular flexibility index (Phi) is 3.45. The maximum atomic E-state index is 9.24. The van der Waals surface area contributed by atoms with Gasteiger partial charge in [0.2, 0.25) is 0 Å². The Balaban J connectivity index is 2.01. The Morgan fingerprint density at radius 3 is 2.71 bits per heavy atom. The summed E-state index contributed by atoms with van der Waals surface area (Å²) in [6.45, 7) is 3.70. The number of hydrogen-bond donors (Lipinski definition) is 1. The molecule has 82 valence electrons. The number of aliphatic hydroxyl groups is 1. The zero-order valence-electron chi connectivity index (χ0n) is 9.28. The van der Waals surface area contributed by atoms with Crippen molar-refractivity contribution in [1.29, 1.82) is 0 Å². The number of nitrogens with zero attached hydrogens (tertiary/aromatic N) is 1. The first-order valence-electron chi connectivity index (χ1n) is 6.19. The van der Waals surface area contributed by atoms with Crippen molar-refractivity contribution in [1.82, 2.24) is 4.90 Å². The van der Waals surface area contributed by atoms with E-state index in [4.69, 9.17) is 0 Å². The van der Waals surface area contributed by atoms with E-state index in [1.54, 1.807) is 0 Å². The molecule has 0 aromatic carbocycles. The highest BCUT2D eigenvalue weighted by molar-refractivity contribution is 4.89. The smallest absolute Gasteiger partial charge is 0.0584 e. The van der Waals surface area contributed by atoms with Gasteiger partial charge in [-0.15, -0.1) is 0 Å². The molecule has 0 radical (unpaired) electrons. The van der Waals surface area contributed by atoms with Gasteiger partial charge < -0.3 is 5.11 Å². The number of aliphatic hydroxyl groups excluding tert-OH is 1. The lowest BCUT2D eigenvalue weighted by Crippen LogP contribution is -2.51. The van der Waals surface area contributed by atoms with Crippen LogP contribution in [-0.4, -0.2) is 35.2 Å². The highest BCUT2D eigenvalue weighted by Gasteiger charge is 2.34. The largest absolute Gasteiger partial charge is 0.395 e. The summed E-state index contributed by atoms with van der Waals surface area (Å²) in [6, 6.07) is 1.17. The summed E-state index contributed by atoms with van der Waals surface area (Å²) < 4.78 is 0. The summed E-state index contributed by atoms with van der Waals surface area (Å²) in [5.41, 5.74) is 0. The van der Waals surface area contributed by atoms with Gasteiger partial charge in [-0.3, -0.25) is 4.90 Å². The van der Waals surface area contributed by atoms with Gasteiger partial charge in [0.1, 0.15) is 0 Å². The number of likely N-dealkylation sites (tertiary alicyclic amines) is 1. The molecule has 1 heterocycles. The van der Waals surface area contributed by atoms with Crippen LogP contribution in [0.5, 0.6) is 0 Å². The molecule has 3 atom stereocenters. The van der Waals surface area contributed by atoms with Crippen molar-refractivity contribution < 1.29 is 5.11 Å². The number of rotatable bonds is 2. The zero-order chi connectivity index (χ0) is 9.97. The van der Waals surface area contributed by atoms with Crippen molar-refractivity contribution in [3.8, 4) is 0 Å².